The van der Waals surface area contributed by atoms with E-state index >= 15 is 0 Å². The molecule has 1 aliphatic rings. The number of benzene rings is 1. The second kappa shape index (κ2) is 6.43. The summed E-state index contributed by atoms with van der Waals surface area (Å²) in [5.41, 5.74) is 1.76. The lowest BCUT2D eigenvalue weighted by molar-refractivity contribution is -0.111. The third-order valence-electron chi connectivity index (χ3n) is 3.10. The van der Waals surface area contributed by atoms with Crippen molar-refractivity contribution < 1.29 is 13.6 Å². The SMILES string of the molecule is CN(C)/N=C/C=C1\CC/C(=C\c2ccc(F)c(F)c2)C1=O. The van der Waals surface area contributed by atoms with Crippen molar-refractivity contribution in [2.75, 3.05) is 14.1 Å². The molecule has 0 spiro atoms. The number of hydrazone groups is 1. The molecule has 1 fully saturated rings. The summed E-state index contributed by atoms with van der Waals surface area (Å²) in [6, 6.07) is 3.60. The molecule has 21 heavy (non-hydrogen) atoms. The molecule has 0 radical (unpaired) electrons. The monoisotopic (exact) mass is 290 g/mol. The van der Waals surface area contributed by atoms with Gasteiger partial charge in [0, 0.05) is 31.5 Å². The molecule has 0 aromatic heterocycles. The number of carbonyl (C=O) groups is 1. The second-order valence-electron chi connectivity index (χ2n) is 4.98. The fourth-order valence-corrected chi connectivity index (χ4v) is 2.06. The van der Waals surface area contributed by atoms with E-state index in [2.05, 4.69) is 5.10 Å². The summed E-state index contributed by atoms with van der Waals surface area (Å²) in [5.74, 6) is -1.87. The van der Waals surface area contributed by atoms with E-state index in [1.54, 1.807) is 37.5 Å². The maximum absolute atomic E-state index is 13.1. The minimum Gasteiger partial charge on any atom is -0.303 e. The summed E-state index contributed by atoms with van der Waals surface area (Å²) < 4.78 is 26.0. The van der Waals surface area contributed by atoms with Crippen LogP contribution in [0.25, 0.3) is 6.08 Å². The van der Waals surface area contributed by atoms with E-state index in [1.807, 2.05) is 0 Å². The van der Waals surface area contributed by atoms with Crippen molar-refractivity contribution in [1.82, 2.24) is 5.01 Å². The standard InChI is InChI=1S/C16H16F2N2O/c1-20(2)19-8-7-12-4-5-13(16(12)21)9-11-3-6-14(17)15(18)10-11/h3,6-10H,4-5H2,1-2H3/b12-7+,13-9+,19-8+. The number of halogens is 2. The predicted molar refractivity (Wildman–Crippen MR) is 78.8 cm³/mol. The molecule has 0 heterocycles. The van der Waals surface area contributed by atoms with Crippen molar-refractivity contribution in [3.8, 4) is 0 Å². The Morgan fingerprint density at radius 2 is 1.86 bits per heavy atom. The van der Waals surface area contributed by atoms with Crippen molar-refractivity contribution in [2.24, 2.45) is 5.10 Å². The molecule has 0 amide bonds. The number of ketones is 1. The Morgan fingerprint density at radius 1 is 1.14 bits per heavy atom. The first-order valence-electron chi connectivity index (χ1n) is 6.58. The number of hydrogen-bond donors (Lipinski definition) is 0. The van der Waals surface area contributed by atoms with Crippen LogP contribution in [-0.2, 0) is 4.79 Å². The lowest BCUT2D eigenvalue weighted by atomic mass is 10.1. The van der Waals surface area contributed by atoms with Gasteiger partial charge in [0.25, 0.3) is 0 Å². The van der Waals surface area contributed by atoms with Crippen molar-refractivity contribution >= 4 is 18.1 Å². The summed E-state index contributed by atoms with van der Waals surface area (Å²) in [5, 5.41) is 5.66. The molecule has 1 aromatic rings. The molecule has 0 unspecified atom stereocenters. The predicted octanol–water partition coefficient (Wildman–Crippen LogP) is 3.18. The van der Waals surface area contributed by atoms with E-state index in [4.69, 9.17) is 0 Å². The van der Waals surface area contributed by atoms with Crippen molar-refractivity contribution in [1.29, 1.82) is 0 Å². The van der Waals surface area contributed by atoms with Crippen LogP contribution in [0, 0.1) is 11.6 Å². The molecule has 1 saturated carbocycles. The van der Waals surface area contributed by atoms with E-state index in [0.29, 0.717) is 29.6 Å². The van der Waals surface area contributed by atoms with Gasteiger partial charge in [-0.15, -0.1) is 0 Å². The van der Waals surface area contributed by atoms with E-state index in [1.165, 1.54) is 6.07 Å². The number of carbonyl (C=O) groups excluding carboxylic acids is 1. The van der Waals surface area contributed by atoms with Crippen LogP contribution in [-0.4, -0.2) is 31.1 Å². The molecule has 0 saturated heterocycles. The lowest BCUT2D eigenvalue weighted by Gasteiger charge is -2.00. The molecule has 3 nitrogen and oxygen atoms in total. The van der Waals surface area contributed by atoms with Crippen LogP contribution < -0.4 is 0 Å². The Labute approximate surface area is 122 Å². The Hall–Kier alpha value is -2.30. The van der Waals surface area contributed by atoms with Crippen LogP contribution in [0.15, 0.2) is 40.5 Å². The van der Waals surface area contributed by atoms with Crippen LogP contribution in [0.2, 0.25) is 0 Å². The fourth-order valence-electron chi connectivity index (χ4n) is 2.06. The van der Waals surface area contributed by atoms with Gasteiger partial charge in [-0.2, -0.15) is 5.10 Å². The molecule has 0 N–H and O–H groups in total. The highest BCUT2D eigenvalue weighted by atomic mass is 19.2. The van der Waals surface area contributed by atoms with Gasteiger partial charge in [-0.25, -0.2) is 8.78 Å². The summed E-state index contributed by atoms with van der Waals surface area (Å²) >= 11 is 0. The van der Waals surface area contributed by atoms with Gasteiger partial charge < -0.3 is 5.01 Å². The molecule has 1 aromatic carbocycles. The molecular weight excluding hydrogens is 274 g/mol. The van der Waals surface area contributed by atoms with Gasteiger partial charge in [0.05, 0.1) is 0 Å². The minimum atomic E-state index is -0.913. The summed E-state index contributed by atoms with van der Waals surface area (Å²) in [6.45, 7) is 0. The number of hydrogen-bond acceptors (Lipinski definition) is 3. The summed E-state index contributed by atoms with van der Waals surface area (Å²) in [6.07, 6.45) is 6.10. The van der Waals surface area contributed by atoms with E-state index < -0.39 is 11.6 Å². The Bertz CT molecular complexity index is 646. The Morgan fingerprint density at radius 3 is 2.52 bits per heavy atom. The van der Waals surface area contributed by atoms with Crippen molar-refractivity contribution in [3.05, 3.63) is 52.6 Å². The first-order chi connectivity index (χ1) is 9.97. The van der Waals surface area contributed by atoms with E-state index in [9.17, 15) is 13.6 Å². The maximum atomic E-state index is 13.1. The summed E-state index contributed by atoms with van der Waals surface area (Å²) in [7, 11) is 3.58. The highest BCUT2D eigenvalue weighted by Gasteiger charge is 2.22. The van der Waals surface area contributed by atoms with Gasteiger partial charge in [-0.3, -0.25) is 4.79 Å². The zero-order valence-electron chi connectivity index (χ0n) is 11.9. The highest BCUT2D eigenvalue weighted by molar-refractivity contribution is 6.14. The zero-order valence-corrected chi connectivity index (χ0v) is 11.9. The Balaban J connectivity index is 2.17. The average molecular weight is 290 g/mol. The van der Waals surface area contributed by atoms with Gasteiger partial charge in [-0.05, 0) is 42.7 Å². The largest absolute Gasteiger partial charge is 0.303 e. The molecule has 2 rings (SSSR count). The van der Waals surface area contributed by atoms with Gasteiger partial charge >= 0.3 is 0 Å². The van der Waals surface area contributed by atoms with Gasteiger partial charge in [0.2, 0.25) is 0 Å². The minimum absolute atomic E-state index is 0.0649. The first-order valence-corrected chi connectivity index (χ1v) is 6.58. The van der Waals surface area contributed by atoms with Crippen LogP contribution in [0.3, 0.4) is 0 Å². The van der Waals surface area contributed by atoms with Crippen LogP contribution in [0.1, 0.15) is 18.4 Å². The fraction of sp³-hybridized carbons (Fsp3) is 0.250. The Kier molecular flexibility index (Phi) is 4.62. The van der Waals surface area contributed by atoms with Gasteiger partial charge in [0.1, 0.15) is 0 Å². The van der Waals surface area contributed by atoms with Gasteiger partial charge in [-0.1, -0.05) is 6.07 Å². The van der Waals surface area contributed by atoms with Crippen molar-refractivity contribution in [3.63, 3.8) is 0 Å². The molecule has 0 bridgehead atoms. The first kappa shape index (κ1) is 15.1. The lowest BCUT2D eigenvalue weighted by Crippen LogP contribution is -2.01. The van der Waals surface area contributed by atoms with Crippen LogP contribution in [0.5, 0.6) is 0 Å². The quantitative estimate of drug-likeness (QED) is 0.486. The average Bonchev–Trinajstić information content (AvgIpc) is 2.75. The molecule has 0 aliphatic heterocycles. The maximum Gasteiger partial charge on any atom is 0.185 e. The third-order valence-corrected chi connectivity index (χ3v) is 3.10. The van der Waals surface area contributed by atoms with Crippen molar-refractivity contribution in [2.45, 2.75) is 12.8 Å². The molecule has 1 aliphatic carbocycles. The molecule has 0 atom stereocenters. The van der Waals surface area contributed by atoms with E-state index in [-0.39, 0.29) is 5.78 Å². The van der Waals surface area contributed by atoms with Crippen LogP contribution in [0.4, 0.5) is 8.78 Å². The number of Topliss-reactive ketones (excluding diaryl/α,β-unsaturated/α-hetero) is 1. The molecule has 5 heteroatoms. The summed E-state index contributed by atoms with van der Waals surface area (Å²) in [4.78, 5) is 12.2. The number of rotatable bonds is 3. The number of allylic oxidation sites excluding steroid dienone is 3. The highest BCUT2D eigenvalue weighted by Crippen LogP contribution is 2.27. The van der Waals surface area contributed by atoms with Crippen LogP contribution >= 0.6 is 0 Å². The third kappa shape index (κ3) is 3.84. The topological polar surface area (TPSA) is 32.7 Å². The molecule has 110 valence electrons. The molecular formula is C16H16F2N2O. The second-order valence-corrected chi connectivity index (χ2v) is 4.98. The van der Waals surface area contributed by atoms with E-state index in [0.717, 1.165) is 12.1 Å². The smallest absolute Gasteiger partial charge is 0.185 e. The van der Waals surface area contributed by atoms with Gasteiger partial charge in [0.15, 0.2) is 17.4 Å². The number of nitrogens with zero attached hydrogens (tertiary/aromatic N) is 2. The normalized spacial score (nSPS) is 19.1. The zero-order chi connectivity index (χ0) is 15.4.